The van der Waals surface area contributed by atoms with Gasteiger partial charge in [-0.2, -0.15) is 0 Å². The molecule has 106 valence electrons. The van der Waals surface area contributed by atoms with Crippen molar-refractivity contribution in [2.45, 2.75) is 33.6 Å². The van der Waals surface area contributed by atoms with Crippen LogP contribution in [0.1, 0.15) is 39.2 Å². The summed E-state index contributed by atoms with van der Waals surface area (Å²) < 4.78 is 4.88. The normalized spacial score (nSPS) is 9.00. The number of amides is 1. The highest BCUT2D eigenvalue weighted by molar-refractivity contribution is 6.04. The summed E-state index contributed by atoms with van der Waals surface area (Å²) in [7, 11) is 0. The van der Waals surface area contributed by atoms with E-state index in [-0.39, 0.29) is 5.84 Å². The first-order chi connectivity index (χ1) is 9.13. The minimum absolute atomic E-state index is 0.00602. The number of anilines is 1. The molecule has 0 fully saturated rings. The molecule has 0 aliphatic heterocycles. The first-order valence-electron chi connectivity index (χ1n) is 6.51. The summed E-state index contributed by atoms with van der Waals surface area (Å²) in [5, 5.41) is 10.0. The molecule has 0 spiro atoms. The first-order valence-corrected chi connectivity index (χ1v) is 6.51. The monoisotopic (exact) mass is 265 g/mol. The van der Waals surface area contributed by atoms with Gasteiger partial charge < -0.3 is 10.5 Å². The van der Waals surface area contributed by atoms with Gasteiger partial charge in [-0.1, -0.05) is 27.2 Å². The van der Waals surface area contributed by atoms with E-state index in [0.717, 1.165) is 12.8 Å². The number of amidine groups is 1. The van der Waals surface area contributed by atoms with E-state index < -0.39 is 6.09 Å². The van der Waals surface area contributed by atoms with E-state index in [2.05, 4.69) is 5.32 Å². The maximum absolute atomic E-state index is 11.3. The van der Waals surface area contributed by atoms with E-state index in [9.17, 15) is 4.79 Å². The highest BCUT2D eigenvalue weighted by Gasteiger charge is 2.07. The van der Waals surface area contributed by atoms with Crippen molar-refractivity contribution in [3.05, 3.63) is 29.8 Å². The standard InChI is InChI=1S/C12H17N3O2.C2H6/c1-2-3-8-17-12(16)15-11(14)9-4-6-10(13)7-5-9;1-2/h4-7H,2-3,8,13H2,1H3,(H2,14,15,16);1-2H3. The van der Waals surface area contributed by atoms with Gasteiger partial charge in [0.25, 0.3) is 0 Å². The van der Waals surface area contributed by atoms with Crippen LogP contribution in [-0.4, -0.2) is 18.5 Å². The van der Waals surface area contributed by atoms with Crippen LogP contribution in [0, 0.1) is 5.41 Å². The minimum atomic E-state index is -0.597. The van der Waals surface area contributed by atoms with Crippen LogP contribution in [0.5, 0.6) is 0 Å². The molecule has 0 saturated heterocycles. The number of hydrogen-bond donors (Lipinski definition) is 3. The Bertz CT molecular complexity index is 388. The van der Waals surface area contributed by atoms with Gasteiger partial charge in [0.15, 0.2) is 0 Å². The Balaban J connectivity index is 0.00000154. The molecule has 0 heterocycles. The summed E-state index contributed by atoms with van der Waals surface area (Å²) in [5.74, 6) is 0.00602. The van der Waals surface area contributed by atoms with Gasteiger partial charge in [0.05, 0.1) is 6.61 Å². The average Bonchev–Trinajstić information content (AvgIpc) is 2.42. The summed E-state index contributed by atoms with van der Waals surface area (Å²) in [6.07, 6.45) is 1.19. The van der Waals surface area contributed by atoms with Crippen LogP contribution < -0.4 is 11.1 Å². The summed E-state index contributed by atoms with van der Waals surface area (Å²) in [5.41, 5.74) is 6.73. The molecule has 1 amide bonds. The Hall–Kier alpha value is -2.04. The Labute approximate surface area is 114 Å². The molecule has 0 aromatic heterocycles. The van der Waals surface area contributed by atoms with Gasteiger partial charge in [0.2, 0.25) is 0 Å². The Morgan fingerprint density at radius 2 is 1.89 bits per heavy atom. The Morgan fingerprint density at radius 3 is 2.42 bits per heavy atom. The third-order valence-corrected chi connectivity index (χ3v) is 2.16. The van der Waals surface area contributed by atoms with Crippen LogP contribution in [-0.2, 0) is 4.74 Å². The number of carbonyl (C=O) groups is 1. The topological polar surface area (TPSA) is 88.2 Å². The summed E-state index contributed by atoms with van der Waals surface area (Å²) in [6, 6.07) is 6.69. The van der Waals surface area contributed by atoms with Crippen LogP contribution in [0.2, 0.25) is 0 Å². The molecule has 5 heteroatoms. The van der Waals surface area contributed by atoms with Crippen LogP contribution >= 0.6 is 0 Å². The lowest BCUT2D eigenvalue weighted by atomic mass is 10.2. The van der Waals surface area contributed by atoms with E-state index in [1.165, 1.54) is 0 Å². The number of rotatable bonds is 4. The smallest absolute Gasteiger partial charge is 0.412 e. The second kappa shape index (κ2) is 9.94. The maximum Gasteiger partial charge on any atom is 0.412 e. The zero-order valence-electron chi connectivity index (χ0n) is 11.8. The van der Waals surface area contributed by atoms with E-state index in [1.54, 1.807) is 24.3 Å². The molecule has 4 N–H and O–H groups in total. The van der Waals surface area contributed by atoms with Crippen LogP contribution in [0.4, 0.5) is 10.5 Å². The third kappa shape index (κ3) is 7.08. The molecule has 5 nitrogen and oxygen atoms in total. The molecule has 0 bridgehead atoms. The molecular weight excluding hydrogens is 242 g/mol. The average molecular weight is 265 g/mol. The zero-order chi connectivity index (χ0) is 14.7. The van der Waals surface area contributed by atoms with Crippen LogP contribution in [0.15, 0.2) is 24.3 Å². The Morgan fingerprint density at radius 1 is 1.32 bits per heavy atom. The molecule has 0 atom stereocenters. The number of carbonyl (C=O) groups excluding carboxylic acids is 1. The summed E-state index contributed by atoms with van der Waals surface area (Å²) in [4.78, 5) is 11.3. The number of nitrogens with one attached hydrogen (secondary N) is 2. The van der Waals surface area contributed by atoms with Gasteiger partial charge in [0, 0.05) is 11.3 Å². The highest BCUT2D eigenvalue weighted by Crippen LogP contribution is 2.05. The molecule has 0 radical (unpaired) electrons. The van der Waals surface area contributed by atoms with Gasteiger partial charge in [-0.05, 0) is 30.7 Å². The van der Waals surface area contributed by atoms with Crippen molar-refractivity contribution in [3.8, 4) is 0 Å². The van der Waals surface area contributed by atoms with Gasteiger partial charge in [-0.25, -0.2) is 4.79 Å². The second-order valence-electron chi connectivity index (χ2n) is 3.61. The third-order valence-electron chi connectivity index (χ3n) is 2.16. The highest BCUT2D eigenvalue weighted by atomic mass is 16.5. The summed E-state index contributed by atoms with van der Waals surface area (Å²) >= 11 is 0. The molecule has 19 heavy (non-hydrogen) atoms. The second-order valence-corrected chi connectivity index (χ2v) is 3.61. The fraction of sp³-hybridized carbons (Fsp3) is 0.429. The van der Waals surface area contributed by atoms with Crippen molar-refractivity contribution in [1.29, 1.82) is 5.41 Å². The number of nitrogens with two attached hydrogens (primary N) is 1. The van der Waals surface area contributed by atoms with E-state index in [1.807, 2.05) is 20.8 Å². The molecule has 1 aromatic carbocycles. The van der Waals surface area contributed by atoms with Gasteiger partial charge >= 0.3 is 6.09 Å². The van der Waals surface area contributed by atoms with Crippen molar-refractivity contribution in [2.24, 2.45) is 0 Å². The molecule has 0 aliphatic rings. The predicted octanol–water partition coefficient (Wildman–Crippen LogP) is 3.15. The lowest BCUT2D eigenvalue weighted by molar-refractivity contribution is 0.150. The van der Waals surface area contributed by atoms with Crippen molar-refractivity contribution < 1.29 is 9.53 Å². The molecule has 0 saturated carbocycles. The number of hydrogen-bond acceptors (Lipinski definition) is 4. The molecule has 1 aromatic rings. The molecule has 1 rings (SSSR count). The maximum atomic E-state index is 11.3. The number of unbranched alkanes of at least 4 members (excludes halogenated alkanes) is 1. The van der Waals surface area contributed by atoms with Gasteiger partial charge in [0.1, 0.15) is 5.84 Å². The SMILES string of the molecule is CC.CCCCOC(=O)NC(=N)c1ccc(N)cc1. The lowest BCUT2D eigenvalue weighted by Crippen LogP contribution is -2.31. The van der Waals surface area contributed by atoms with Crippen molar-refractivity contribution in [3.63, 3.8) is 0 Å². The van der Waals surface area contributed by atoms with Crippen molar-refractivity contribution >= 4 is 17.6 Å². The number of nitrogen functional groups attached to an aromatic ring is 1. The molecular formula is C14H23N3O2. The fourth-order valence-corrected chi connectivity index (χ4v) is 1.17. The first kappa shape index (κ1) is 17.0. The minimum Gasteiger partial charge on any atom is -0.449 e. The number of benzene rings is 1. The quantitative estimate of drug-likeness (QED) is 0.338. The summed E-state index contributed by atoms with van der Waals surface area (Å²) in [6.45, 7) is 6.38. The van der Waals surface area contributed by atoms with Gasteiger partial charge in [-0.3, -0.25) is 10.7 Å². The largest absolute Gasteiger partial charge is 0.449 e. The molecule has 0 unspecified atom stereocenters. The zero-order valence-corrected chi connectivity index (χ0v) is 11.8. The van der Waals surface area contributed by atoms with Gasteiger partial charge in [-0.15, -0.1) is 0 Å². The lowest BCUT2D eigenvalue weighted by Gasteiger charge is -2.07. The van der Waals surface area contributed by atoms with Crippen molar-refractivity contribution in [2.75, 3.05) is 12.3 Å². The number of ether oxygens (including phenoxy) is 1. The van der Waals surface area contributed by atoms with Crippen molar-refractivity contribution in [1.82, 2.24) is 5.32 Å². The van der Waals surface area contributed by atoms with Crippen LogP contribution in [0.25, 0.3) is 0 Å². The van der Waals surface area contributed by atoms with Crippen LogP contribution in [0.3, 0.4) is 0 Å². The van der Waals surface area contributed by atoms with E-state index in [4.69, 9.17) is 15.9 Å². The fourth-order valence-electron chi connectivity index (χ4n) is 1.17. The van der Waals surface area contributed by atoms with E-state index >= 15 is 0 Å². The molecule has 0 aliphatic carbocycles. The Kier molecular flexibility index (Phi) is 8.87. The number of alkyl carbamates (subject to hydrolysis) is 1. The predicted molar refractivity (Wildman–Crippen MR) is 78.4 cm³/mol. The van der Waals surface area contributed by atoms with E-state index in [0.29, 0.717) is 17.9 Å².